The van der Waals surface area contributed by atoms with Crippen LogP contribution in [0, 0.1) is 0 Å². The molecule has 0 amide bonds. The van der Waals surface area contributed by atoms with E-state index in [0.717, 1.165) is 0 Å². The van der Waals surface area contributed by atoms with Crippen molar-refractivity contribution >= 4 is 0 Å². The smallest absolute Gasteiger partial charge is 0.353 e. The van der Waals surface area contributed by atoms with Crippen LogP contribution in [0.2, 0.25) is 0 Å². The van der Waals surface area contributed by atoms with Crippen LogP contribution < -0.4 is 10.4 Å². The number of ether oxygens (including phenoxy) is 4. The van der Waals surface area contributed by atoms with Crippen LogP contribution in [0.5, 0.6) is 5.88 Å². The molecule has 8 nitrogen and oxygen atoms in total. The maximum atomic E-state index is 11.9. The summed E-state index contributed by atoms with van der Waals surface area (Å²) in [5.74, 6) is 0.204. The number of aliphatic hydroxyl groups is 1. The summed E-state index contributed by atoms with van der Waals surface area (Å²) in [4.78, 5) is 15.6. The van der Waals surface area contributed by atoms with Gasteiger partial charge in [-0.25, -0.2) is 4.79 Å². The molecule has 1 aromatic heterocycles. The van der Waals surface area contributed by atoms with Crippen LogP contribution in [0.3, 0.4) is 0 Å². The van der Waals surface area contributed by atoms with Gasteiger partial charge in [0.25, 0.3) is 0 Å². The van der Waals surface area contributed by atoms with Gasteiger partial charge in [-0.15, -0.1) is 0 Å². The van der Waals surface area contributed by atoms with Crippen LogP contribution in [-0.2, 0) is 14.2 Å². The van der Waals surface area contributed by atoms with Gasteiger partial charge in [0.15, 0.2) is 6.23 Å². The third-order valence-electron chi connectivity index (χ3n) is 3.20. The fraction of sp³-hybridized carbons (Fsp3) is 0.667. The van der Waals surface area contributed by atoms with Gasteiger partial charge in [-0.3, -0.25) is 4.57 Å². The largest absolute Gasteiger partial charge is 0.481 e. The first kappa shape index (κ1) is 14.9. The lowest BCUT2D eigenvalue weighted by Crippen LogP contribution is -2.37. The highest BCUT2D eigenvalue weighted by atomic mass is 16.6. The number of hydrogen-bond acceptors (Lipinski definition) is 7. The Labute approximate surface area is 115 Å². The molecule has 1 aliphatic heterocycles. The summed E-state index contributed by atoms with van der Waals surface area (Å²) in [5.41, 5.74) is -0.568. The zero-order valence-corrected chi connectivity index (χ0v) is 11.6. The molecule has 20 heavy (non-hydrogen) atoms. The van der Waals surface area contributed by atoms with Crippen molar-refractivity contribution in [2.45, 2.75) is 24.5 Å². The van der Waals surface area contributed by atoms with Crippen LogP contribution in [0.25, 0.3) is 0 Å². The second-order valence-corrected chi connectivity index (χ2v) is 4.37. The monoisotopic (exact) mass is 286 g/mol. The van der Waals surface area contributed by atoms with E-state index in [1.54, 1.807) is 0 Å². The minimum atomic E-state index is -0.993. The highest BCUT2D eigenvalue weighted by Crippen LogP contribution is 2.30. The summed E-state index contributed by atoms with van der Waals surface area (Å²) in [7, 11) is 4.41. The van der Waals surface area contributed by atoms with Crippen molar-refractivity contribution in [3.63, 3.8) is 0 Å². The van der Waals surface area contributed by atoms with Crippen molar-refractivity contribution < 1.29 is 24.1 Å². The predicted molar refractivity (Wildman–Crippen MR) is 67.6 cm³/mol. The van der Waals surface area contributed by atoms with Crippen LogP contribution in [0.1, 0.15) is 6.23 Å². The molecule has 0 radical (unpaired) electrons. The lowest BCUT2D eigenvalue weighted by atomic mass is 10.1. The van der Waals surface area contributed by atoms with Gasteiger partial charge in [-0.05, 0) is 0 Å². The molecule has 1 saturated heterocycles. The lowest BCUT2D eigenvalue weighted by Gasteiger charge is -2.18. The molecule has 1 N–H and O–H groups in total. The molecular formula is C12H18N2O6. The average molecular weight is 286 g/mol. The van der Waals surface area contributed by atoms with Gasteiger partial charge in [-0.1, -0.05) is 0 Å². The van der Waals surface area contributed by atoms with E-state index in [9.17, 15) is 9.90 Å². The quantitative estimate of drug-likeness (QED) is 0.755. The van der Waals surface area contributed by atoms with Crippen molar-refractivity contribution in [3.05, 3.63) is 22.7 Å². The molecule has 1 aliphatic rings. The van der Waals surface area contributed by atoms with Crippen molar-refractivity contribution in [1.29, 1.82) is 0 Å². The van der Waals surface area contributed by atoms with E-state index in [0.29, 0.717) is 0 Å². The lowest BCUT2D eigenvalue weighted by molar-refractivity contribution is -0.0641. The molecule has 112 valence electrons. The molecule has 0 unspecified atom stereocenters. The number of methoxy groups -OCH3 is 3. The standard InChI is InChI=1S/C12H18N2O6/c1-17-6-7-10(19-3)9(15)11(20-7)14-5-4-8(18-2)13-12(14)16/h4-5,7,9-11,15H,6H2,1-3H3/t7-,9-,10-,11-/m1/s1. The second-order valence-electron chi connectivity index (χ2n) is 4.37. The normalized spacial score (nSPS) is 29.6. The Morgan fingerprint density at radius 2 is 2.20 bits per heavy atom. The SMILES string of the molecule is COC[C@H]1O[C@@H](n2ccc(OC)nc2=O)[C@H](O)[C@@H]1OC. The highest BCUT2D eigenvalue weighted by Gasteiger charge is 2.45. The summed E-state index contributed by atoms with van der Waals surface area (Å²) >= 11 is 0. The summed E-state index contributed by atoms with van der Waals surface area (Å²) in [6, 6.07) is 1.52. The number of aromatic nitrogens is 2. The number of hydrogen-bond donors (Lipinski definition) is 1. The maximum absolute atomic E-state index is 11.9. The predicted octanol–water partition coefficient (Wildman–Crippen LogP) is -0.828. The number of nitrogens with zero attached hydrogens (tertiary/aromatic N) is 2. The van der Waals surface area contributed by atoms with Gasteiger partial charge >= 0.3 is 5.69 Å². The van der Waals surface area contributed by atoms with Gasteiger partial charge in [-0.2, -0.15) is 4.98 Å². The Hall–Kier alpha value is -1.48. The van der Waals surface area contributed by atoms with E-state index in [2.05, 4.69) is 4.98 Å². The van der Waals surface area contributed by atoms with Crippen LogP contribution in [0.15, 0.2) is 17.1 Å². The molecule has 0 spiro atoms. The summed E-state index contributed by atoms with van der Waals surface area (Å²) < 4.78 is 21.9. The molecule has 2 rings (SSSR count). The van der Waals surface area contributed by atoms with Crippen molar-refractivity contribution in [2.24, 2.45) is 0 Å². The van der Waals surface area contributed by atoms with Crippen molar-refractivity contribution in [2.75, 3.05) is 27.9 Å². The number of rotatable bonds is 5. The van der Waals surface area contributed by atoms with Gasteiger partial charge in [0, 0.05) is 26.5 Å². The Bertz CT molecular complexity index is 505. The molecule has 1 fully saturated rings. The van der Waals surface area contributed by atoms with E-state index in [4.69, 9.17) is 18.9 Å². The van der Waals surface area contributed by atoms with Gasteiger partial charge in [0.05, 0.1) is 13.7 Å². The average Bonchev–Trinajstić information content (AvgIpc) is 2.75. The third-order valence-corrected chi connectivity index (χ3v) is 3.20. The second kappa shape index (κ2) is 6.31. The van der Waals surface area contributed by atoms with E-state index in [1.807, 2.05) is 0 Å². The first-order valence-electron chi connectivity index (χ1n) is 6.10. The molecule has 2 heterocycles. The van der Waals surface area contributed by atoms with E-state index < -0.39 is 30.2 Å². The molecule has 0 aliphatic carbocycles. The molecule has 1 aromatic rings. The Balaban J connectivity index is 2.27. The Morgan fingerprint density at radius 1 is 1.45 bits per heavy atom. The zero-order chi connectivity index (χ0) is 14.7. The molecular weight excluding hydrogens is 268 g/mol. The molecule has 0 aromatic carbocycles. The van der Waals surface area contributed by atoms with Crippen LogP contribution in [-0.4, -0.2) is 60.9 Å². The van der Waals surface area contributed by atoms with E-state index >= 15 is 0 Å². The molecule has 0 saturated carbocycles. The summed E-state index contributed by atoms with van der Waals surface area (Å²) in [6.07, 6.45) is -1.43. The van der Waals surface area contributed by atoms with Crippen molar-refractivity contribution in [1.82, 2.24) is 9.55 Å². The van der Waals surface area contributed by atoms with Gasteiger partial charge in [0.2, 0.25) is 5.88 Å². The van der Waals surface area contributed by atoms with Crippen molar-refractivity contribution in [3.8, 4) is 5.88 Å². The first-order chi connectivity index (χ1) is 9.62. The van der Waals surface area contributed by atoms with E-state index in [-0.39, 0.29) is 12.5 Å². The number of aliphatic hydroxyl groups excluding tert-OH is 1. The Kier molecular flexibility index (Phi) is 4.71. The maximum Gasteiger partial charge on any atom is 0.353 e. The molecule has 8 heteroatoms. The summed E-state index contributed by atoms with van der Waals surface area (Å²) in [6.45, 7) is 0.254. The highest BCUT2D eigenvalue weighted by molar-refractivity contribution is 5.06. The topological polar surface area (TPSA) is 92.0 Å². The fourth-order valence-electron chi connectivity index (χ4n) is 2.24. The third kappa shape index (κ3) is 2.68. The minimum Gasteiger partial charge on any atom is -0.481 e. The Morgan fingerprint density at radius 3 is 2.75 bits per heavy atom. The van der Waals surface area contributed by atoms with Crippen LogP contribution >= 0.6 is 0 Å². The summed E-state index contributed by atoms with van der Waals surface area (Å²) in [5, 5.41) is 10.2. The van der Waals surface area contributed by atoms with Gasteiger partial charge in [0.1, 0.15) is 18.3 Å². The zero-order valence-electron chi connectivity index (χ0n) is 11.6. The minimum absolute atomic E-state index is 0.204. The molecule has 0 bridgehead atoms. The molecule has 4 atom stereocenters. The fourth-order valence-corrected chi connectivity index (χ4v) is 2.24. The van der Waals surface area contributed by atoms with Gasteiger partial charge < -0.3 is 24.1 Å². The van der Waals surface area contributed by atoms with E-state index in [1.165, 1.54) is 38.2 Å². The first-order valence-corrected chi connectivity index (χ1v) is 6.10. The van der Waals surface area contributed by atoms with Crippen LogP contribution in [0.4, 0.5) is 0 Å².